The SMILES string of the molecule is COc1cc([N+](=O)[O-])cc(C=N[C@@H](Cc2cnc[nH]2)C(=O)O)c1O. The maximum absolute atomic E-state index is 11.3. The molecule has 0 fully saturated rings. The third-order valence-corrected chi connectivity index (χ3v) is 3.17. The fourth-order valence-electron chi connectivity index (χ4n) is 1.95. The second kappa shape index (κ2) is 7.22. The Hall–Kier alpha value is -3.43. The molecule has 126 valence electrons. The molecule has 2 rings (SSSR count). The third kappa shape index (κ3) is 3.85. The van der Waals surface area contributed by atoms with E-state index in [4.69, 9.17) is 4.74 Å². The molecule has 10 nitrogen and oxygen atoms in total. The van der Waals surface area contributed by atoms with Crippen molar-refractivity contribution in [1.82, 2.24) is 9.97 Å². The zero-order valence-corrected chi connectivity index (χ0v) is 12.5. The fraction of sp³-hybridized carbons (Fsp3) is 0.214. The number of carboxylic acids is 1. The highest BCUT2D eigenvalue weighted by Gasteiger charge is 2.19. The molecule has 0 saturated carbocycles. The first kappa shape index (κ1) is 16.9. The topological polar surface area (TPSA) is 151 Å². The summed E-state index contributed by atoms with van der Waals surface area (Å²) >= 11 is 0. The zero-order valence-electron chi connectivity index (χ0n) is 12.5. The van der Waals surface area contributed by atoms with E-state index in [1.807, 2.05) is 0 Å². The second-order valence-electron chi connectivity index (χ2n) is 4.76. The summed E-state index contributed by atoms with van der Waals surface area (Å²) in [6.45, 7) is 0. The molecule has 0 amide bonds. The molecule has 1 aromatic heterocycles. The van der Waals surface area contributed by atoms with Crippen molar-refractivity contribution in [2.45, 2.75) is 12.5 Å². The molecule has 24 heavy (non-hydrogen) atoms. The number of phenols is 1. The van der Waals surface area contributed by atoms with Crippen LogP contribution in [0.25, 0.3) is 0 Å². The van der Waals surface area contributed by atoms with Gasteiger partial charge < -0.3 is 19.9 Å². The van der Waals surface area contributed by atoms with Crippen LogP contribution in [0.4, 0.5) is 5.69 Å². The number of H-pyrrole nitrogens is 1. The Morgan fingerprint density at radius 2 is 2.33 bits per heavy atom. The van der Waals surface area contributed by atoms with Crippen LogP contribution in [0.1, 0.15) is 11.3 Å². The van der Waals surface area contributed by atoms with Crippen molar-refractivity contribution in [3.63, 3.8) is 0 Å². The molecule has 0 aliphatic carbocycles. The van der Waals surface area contributed by atoms with Crippen LogP contribution in [0, 0.1) is 10.1 Å². The normalized spacial score (nSPS) is 12.2. The van der Waals surface area contributed by atoms with E-state index in [-0.39, 0.29) is 29.2 Å². The predicted molar refractivity (Wildman–Crippen MR) is 82.6 cm³/mol. The number of nitro benzene ring substituents is 1. The molecule has 0 radical (unpaired) electrons. The van der Waals surface area contributed by atoms with Crippen LogP contribution in [0.2, 0.25) is 0 Å². The Bertz CT molecular complexity index is 772. The first-order valence-electron chi connectivity index (χ1n) is 6.71. The number of aliphatic carboxylic acids is 1. The summed E-state index contributed by atoms with van der Waals surface area (Å²) in [5.74, 6) is -1.65. The summed E-state index contributed by atoms with van der Waals surface area (Å²) in [6.07, 6.45) is 4.01. The van der Waals surface area contributed by atoms with Crippen LogP contribution in [0.5, 0.6) is 11.5 Å². The van der Waals surface area contributed by atoms with Crippen molar-refractivity contribution >= 4 is 17.9 Å². The number of imidazole rings is 1. The molecular formula is C14H14N4O6. The van der Waals surface area contributed by atoms with Gasteiger partial charge in [-0.2, -0.15) is 0 Å². The maximum Gasteiger partial charge on any atom is 0.328 e. The number of methoxy groups -OCH3 is 1. The number of aromatic hydroxyl groups is 1. The van der Waals surface area contributed by atoms with Gasteiger partial charge in [0.15, 0.2) is 17.5 Å². The lowest BCUT2D eigenvalue weighted by atomic mass is 10.1. The van der Waals surface area contributed by atoms with Crippen molar-refractivity contribution in [2.75, 3.05) is 7.11 Å². The van der Waals surface area contributed by atoms with Gasteiger partial charge in [0.2, 0.25) is 0 Å². The number of nitrogens with one attached hydrogen (secondary N) is 1. The predicted octanol–water partition coefficient (Wildman–Crippen LogP) is 1.15. The molecular weight excluding hydrogens is 320 g/mol. The summed E-state index contributed by atoms with van der Waals surface area (Å²) in [7, 11) is 1.25. The van der Waals surface area contributed by atoms with E-state index in [2.05, 4.69) is 15.0 Å². The number of carboxylic acid groups (broad SMARTS) is 1. The van der Waals surface area contributed by atoms with Gasteiger partial charge in [-0.1, -0.05) is 0 Å². The molecule has 0 aliphatic rings. The van der Waals surface area contributed by atoms with Crippen molar-refractivity contribution in [1.29, 1.82) is 0 Å². The number of aromatic amines is 1. The van der Waals surface area contributed by atoms with Gasteiger partial charge in [-0.25, -0.2) is 9.78 Å². The summed E-state index contributed by atoms with van der Waals surface area (Å²) in [5, 5.41) is 30.1. The van der Waals surface area contributed by atoms with Gasteiger partial charge in [-0.3, -0.25) is 15.1 Å². The van der Waals surface area contributed by atoms with Crippen LogP contribution >= 0.6 is 0 Å². The lowest BCUT2D eigenvalue weighted by Crippen LogP contribution is -2.21. The minimum absolute atomic E-state index is 0.0167. The summed E-state index contributed by atoms with van der Waals surface area (Å²) in [6, 6.07) is 0.998. The maximum atomic E-state index is 11.3. The van der Waals surface area contributed by atoms with Crippen LogP contribution in [0.3, 0.4) is 0 Å². The number of non-ortho nitro benzene ring substituents is 1. The van der Waals surface area contributed by atoms with Crippen LogP contribution in [-0.4, -0.2) is 50.4 Å². The van der Waals surface area contributed by atoms with E-state index in [0.717, 1.165) is 18.3 Å². The molecule has 2 aromatic rings. The number of carbonyl (C=O) groups is 1. The highest BCUT2D eigenvalue weighted by Crippen LogP contribution is 2.33. The van der Waals surface area contributed by atoms with Gasteiger partial charge in [0.05, 0.1) is 24.4 Å². The van der Waals surface area contributed by atoms with Gasteiger partial charge in [-0.15, -0.1) is 0 Å². The van der Waals surface area contributed by atoms with E-state index >= 15 is 0 Å². The number of ether oxygens (including phenoxy) is 1. The van der Waals surface area contributed by atoms with Gasteiger partial charge in [-0.05, 0) is 0 Å². The molecule has 1 aromatic carbocycles. The van der Waals surface area contributed by atoms with Crippen LogP contribution in [-0.2, 0) is 11.2 Å². The molecule has 0 aliphatic heterocycles. The molecule has 10 heteroatoms. The molecule has 1 heterocycles. The van der Waals surface area contributed by atoms with Crippen LogP contribution in [0.15, 0.2) is 29.6 Å². The Morgan fingerprint density at radius 1 is 1.58 bits per heavy atom. The van der Waals surface area contributed by atoms with Crippen molar-refractivity contribution in [3.05, 3.63) is 46.0 Å². The summed E-state index contributed by atoms with van der Waals surface area (Å²) in [4.78, 5) is 32.0. The lowest BCUT2D eigenvalue weighted by Gasteiger charge is -2.08. The highest BCUT2D eigenvalue weighted by atomic mass is 16.6. The van der Waals surface area contributed by atoms with E-state index in [1.165, 1.54) is 19.6 Å². The standard InChI is InChI=1S/C14H14N4O6/c1-24-12-4-10(18(22)23)2-8(13(12)19)5-16-11(14(20)21)3-9-6-15-7-17-9/h2,4-7,11,19H,3H2,1H3,(H,15,17)(H,20,21)/t11-/m0/s1. The van der Waals surface area contributed by atoms with Gasteiger partial charge in [0, 0.05) is 36.2 Å². The Kier molecular flexibility index (Phi) is 5.09. The minimum atomic E-state index is -1.18. The summed E-state index contributed by atoms with van der Waals surface area (Å²) < 4.78 is 4.87. The molecule has 1 atom stereocenters. The number of rotatable bonds is 7. The van der Waals surface area contributed by atoms with Crippen LogP contribution < -0.4 is 4.74 Å². The quantitative estimate of drug-likeness (QED) is 0.390. The van der Waals surface area contributed by atoms with E-state index < -0.39 is 16.9 Å². The molecule has 0 saturated heterocycles. The fourth-order valence-corrected chi connectivity index (χ4v) is 1.95. The Morgan fingerprint density at radius 3 is 2.88 bits per heavy atom. The van der Waals surface area contributed by atoms with Gasteiger partial charge in [0.25, 0.3) is 5.69 Å². The number of nitro groups is 1. The number of aliphatic imine (C=N–C) groups is 1. The Labute approximate surface area is 135 Å². The summed E-state index contributed by atoms with van der Waals surface area (Å²) in [5.41, 5.74) is 0.240. The Balaban J connectivity index is 2.32. The van der Waals surface area contributed by atoms with Crippen molar-refractivity contribution < 1.29 is 24.7 Å². The number of hydrogen-bond acceptors (Lipinski definition) is 7. The number of aromatic nitrogens is 2. The average molecular weight is 334 g/mol. The lowest BCUT2D eigenvalue weighted by molar-refractivity contribution is -0.385. The monoisotopic (exact) mass is 334 g/mol. The molecule has 0 bridgehead atoms. The van der Waals surface area contributed by atoms with Crippen molar-refractivity contribution in [2.24, 2.45) is 4.99 Å². The highest BCUT2D eigenvalue weighted by molar-refractivity contribution is 5.88. The second-order valence-corrected chi connectivity index (χ2v) is 4.76. The number of nitrogens with zero attached hydrogens (tertiary/aromatic N) is 3. The third-order valence-electron chi connectivity index (χ3n) is 3.17. The largest absolute Gasteiger partial charge is 0.504 e. The zero-order chi connectivity index (χ0) is 17.7. The van der Waals surface area contributed by atoms with Crippen molar-refractivity contribution in [3.8, 4) is 11.5 Å². The van der Waals surface area contributed by atoms with E-state index in [1.54, 1.807) is 0 Å². The van der Waals surface area contributed by atoms with Gasteiger partial charge in [0.1, 0.15) is 0 Å². The average Bonchev–Trinajstić information content (AvgIpc) is 3.05. The number of phenolic OH excluding ortho intramolecular Hbond substituents is 1. The van der Waals surface area contributed by atoms with E-state index in [0.29, 0.717) is 5.69 Å². The minimum Gasteiger partial charge on any atom is -0.504 e. The molecule has 0 spiro atoms. The van der Waals surface area contributed by atoms with E-state index in [9.17, 15) is 25.1 Å². The van der Waals surface area contributed by atoms with Gasteiger partial charge >= 0.3 is 5.97 Å². The number of benzene rings is 1. The number of hydrogen-bond donors (Lipinski definition) is 3. The smallest absolute Gasteiger partial charge is 0.328 e. The first-order chi connectivity index (χ1) is 11.4. The molecule has 3 N–H and O–H groups in total. The first-order valence-corrected chi connectivity index (χ1v) is 6.71. The molecule has 0 unspecified atom stereocenters.